The van der Waals surface area contributed by atoms with E-state index < -0.39 is 0 Å². The lowest BCUT2D eigenvalue weighted by Gasteiger charge is -2.17. The van der Waals surface area contributed by atoms with Gasteiger partial charge in [0.25, 0.3) is 5.91 Å². The number of hydrogen-bond acceptors (Lipinski definition) is 3. The first-order chi connectivity index (χ1) is 12.4. The molecule has 1 aliphatic rings. The summed E-state index contributed by atoms with van der Waals surface area (Å²) < 4.78 is 5.58. The number of amides is 2. The number of aryl methyl sites for hydroxylation is 1. The van der Waals surface area contributed by atoms with Crippen LogP contribution in [-0.2, 0) is 4.79 Å². The van der Waals surface area contributed by atoms with E-state index in [2.05, 4.69) is 5.32 Å². The molecule has 5 heteroatoms. The molecule has 0 saturated carbocycles. The highest BCUT2D eigenvalue weighted by atomic mass is 16.5. The molecule has 2 amide bonds. The summed E-state index contributed by atoms with van der Waals surface area (Å²) in [6, 6.07) is 14.7. The summed E-state index contributed by atoms with van der Waals surface area (Å²) in [6.45, 7) is 6.41. The number of carbonyl (C=O) groups is 2. The molecule has 3 rings (SSSR count). The van der Waals surface area contributed by atoms with Gasteiger partial charge in [-0.05, 0) is 57.2 Å². The molecule has 1 saturated heterocycles. The Morgan fingerprint density at radius 2 is 1.77 bits per heavy atom. The second kappa shape index (κ2) is 7.60. The van der Waals surface area contributed by atoms with Crippen molar-refractivity contribution in [1.29, 1.82) is 0 Å². The molecule has 1 atom stereocenters. The second-order valence-electron chi connectivity index (χ2n) is 6.91. The normalized spacial score (nSPS) is 16.8. The first kappa shape index (κ1) is 18.0. The van der Waals surface area contributed by atoms with Crippen molar-refractivity contribution in [3.8, 4) is 5.75 Å². The second-order valence-corrected chi connectivity index (χ2v) is 6.91. The van der Waals surface area contributed by atoms with Crippen molar-refractivity contribution in [1.82, 2.24) is 5.32 Å². The minimum absolute atomic E-state index is 0.0276. The molecule has 2 aromatic carbocycles. The molecule has 2 aromatic rings. The fourth-order valence-corrected chi connectivity index (χ4v) is 3.00. The van der Waals surface area contributed by atoms with Crippen LogP contribution in [0.25, 0.3) is 0 Å². The summed E-state index contributed by atoms with van der Waals surface area (Å²) in [6.07, 6.45) is 0.403. The Morgan fingerprint density at radius 3 is 2.38 bits per heavy atom. The average Bonchev–Trinajstić information content (AvgIpc) is 2.96. The third-order valence-electron chi connectivity index (χ3n) is 4.29. The van der Waals surface area contributed by atoms with E-state index in [4.69, 9.17) is 4.74 Å². The third kappa shape index (κ3) is 4.23. The Hall–Kier alpha value is -2.82. The van der Waals surface area contributed by atoms with Crippen molar-refractivity contribution in [3.63, 3.8) is 0 Å². The highest BCUT2D eigenvalue weighted by Crippen LogP contribution is 2.22. The van der Waals surface area contributed by atoms with E-state index in [1.165, 1.54) is 0 Å². The van der Waals surface area contributed by atoms with Gasteiger partial charge in [-0.3, -0.25) is 9.59 Å². The Labute approximate surface area is 154 Å². The zero-order valence-electron chi connectivity index (χ0n) is 15.4. The number of carbonyl (C=O) groups excluding carboxylic acids is 2. The van der Waals surface area contributed by atoms with E-state index in [9.17, 15) is 9.59 Å². The molecule has 1 fully saturated rings. The van der Waals surface area contributed by atoms with Crippen LogP contribution in [0.1, 0.15) is 36.2 Å². The number of nitrogens with one attached hydrogen (secondary N) is 1. The van der Waals surface area contributed by atoms with Crippen LogP contribution in [-0.4, -0.2) is 30.5 Å². The molecule has 0 aliphatic carbocycles. The van der Waals surface area contributed by atoms with Crippen molar-refractivity contribution in [2.75, 3.05) is 11.4 Å². The minimum Gasteiger partial charge on any atom is -0.491 e. The quantitative estimate of drug-likeness (QED) is 0.898. The monoisotopic (exact) mass is 352 g/mol. The third-order valence-corrected chi connectivity index (χ3v) is 4.29. The zero-order valence-corrected chi connectivity index (χ0v) is 15.4. The van der Waals surface area contributed by atoms with Gasteiger partial charge in [-0.15, -0.1) is 0 Å². The highest BCUT2D eigenvalue weighted by Gasteiger charge is 2.31. The van der Waals surface area contributed by atoms with Crippen LogP contribution in [0, 0.1) is 6.92 Å². The van der Waals surface area contributed by atoms with Crippen molar-refractivity contribution in [2.45, 2.75) is 39.3 Å². The minimum atomic E-state index is -0.192. The van der Waals surface area contributed by atoms with E-state index in [1.54, 1.807) is 29.2 Å². The van der Waals surface area contributed by atoms with Gasteiger partial charge < -0.3 is 15.0 Å². The van der Waals surface area contributed by atoms with Crippen molar-refractivity contribution in [3.05, 3.63) is 59.7 Å². The average molecular weight is 352 g/mol. The van der Waals surface area contributed by atoms with E-state index in [-0.39, 0.29) is 24.0 Å². The SMILES string of the molecule is Cc1ccc(N2C[C@H](NC(=O)c3ccc(OC(C)C)cc3)CC2=O)cc1. The predicted octanol–water partition coefficient (Wildman–Crippen LogP) is 3.32. The lowest BCUT2D eigenvalue weighted by molar-refractivity contribution is -0.117. The van der Waals surface area contributed by atoms with Crippen LogP contribution in [0.4, 0.5) is 5.69 Å². The topological polar surface area (TPSA) is 58.6 Å². The predicted molar refractivity (Wildman–Crippen MR) is 102 cm³/mol. The first-order valence-corrected chi connectivity index (χ1v) is 8.87. The molecule has 136 valence electrons. The lowest BCUT2D eigenvalue weighted by atomic mass is 10.1. The molecule has 1 heterocycles. The van der Waals surface area contributed by atoms with Gasteiger partial charge in [0, 0.05) is 24.2 Å². The van der Waals surface area contributed by atoms with E-state index in [0.29, 0.717) is 18.5 Å². The smallest absolute Gasteiger partial charge is 0.251 e. The molecular weight excluding hydrogens is 328 g/mol. The molecule has 5 nitrogen and oxygen atoms in total. The van der Waals surface area contributed by atoms with Gasteiger partial charge in [-0.1, -0.05) is 17.7 Å². The summed E-state index contributed by atoms with van der Waals surface area (Å²) in [7, 11) is 0. The molecule has 0 bridgehead atoms. The summed E-state index contributed by atoms with van der Waals surface area (Å²) in [4.78, 5) is 26.5. The molecule has 0 aromatic heterocycles. The van der Waals surface area contributed by atoms with Gasteiger partial charge in [-0.25, -0.2) is 0 Å². The lowest BCUT2D eigenvalue weighted by Crippen LogP contribution is -2.37. The van der Waals surface area contributed by atoms with Gasteiger partial charge in [0.05, 0.1) is 12.1 Å². The standard InChI is InChI=1S/C21H24N2O3/c1-14(2)26-19-10-6-16(7-11-19)21(25)22-17-12-20(24)23(13-17)18-8-4-15(3)5-9-18/h4-11,14,17H,12-13H2,1-3H3,(H,22,25)/t17-/m1/s1. The summed E-state index contributed by atoms with van der Waals surface area (Å²) in [5.41, 5.74) is 2.57. The number of nitrogens with zero attached hydrogens (tertiary/aromatic N) is 1. The zero-order chi connectivity index (χ0) is 18.7. The van der Waals surface area contributed by atoms with E-state index >= 15 is 0 Å². The summed E-state index contributed by atoms with van der Waals surface area (Å²) >= 11 is 0. The number of benzene rings is 2. The fourth-order valence-electron chi connectivity index (χ4n) is 3.00. The van der Waals surface area contributed by atoms with E-state index in [0.717, 1.165) is 17.0 Å². The molecule has 0 spiro atoms. The molecular formula is C21H24N2O3. The Balaban J connectivity index is 1.61. The van der Waals surface area contributed by atoms with Gasteiger partial charge >= 0.3 is 0 Å². The van der Waals surface area contributed by atoms with Crippen LogP contribution < -0.4 is 15.0 Å². The first-order valence-electron chi connectivity index (χ1n) is 8.87. The summed E-state index contributed by atoms with van der Waals surface area (Å²) in [5.74, 6) is 0.586. The maximum absolute atomic E-state index is 12.4. The molecule has 1 aliphatic heterocycles. The van der Waals surface area contributed by atoms with Crippen LogP contribution in [0.2, 0.25) is 0 Å². The molecule has 26 heavy (non-hydrogen) atoms. The van der Waals surface area contributed by atoms with Gasteiger partial charge in [0.15, 0.2) is 0 Å². The van der Waals surface area contributed by atoms with Crippen LogP contribution in [0.3, 0.4) is 0 Å². The Bertz CT molecular complexity index is 782. The van der Waals surface area contributed by atoms with Gasteiger partial charge in [0.1, 0.15) is 5.75 Å². The van der Waals surface area contributed by atoms with Gasteiger partial charge in [0.2, 0.25) is 5.91 Å². The fraction of sp³-hybridized carbons (Fsp3) is 0.333. The molecule has 1 N–H and O–H groups in total. The molecule has 0 radical (unpaired) electrons. The van der Waals surface area contributed by atoms with Gasteiger partial charge in [-0.2, -0.15) is 0 Å². The number of hydrogen-bond donors (Lipinski definition) is 1. The van der Waals surface area contributed by atoms with Crippen LogP contribution in [0.15, 0.2) is 48.5 Å². The van der Waals surface area contributed by atoms with Crippen molar-refractivity contribution in [2.24, 2.45) is 0 Å². The van der Waals surface area contributed by atoms with E-state index in [1.807, 2.05) is 45.0 Å². The van der Waals surface area contributed by atoms with Crippen LogP contribution >= 0.6 is 0 Å². The largest absolute Gasteiger partial charge is 0.491 e. The van der Waals surface area contributed by atoms with Crippen molar-refractivity contribution < 1.29 is 14.3 Å². The summed E-state index contributed by atoms with van der Waals surface area (Å²) in [5, 5.41) is 2.95. The number of rotatable bonds is 5. The maximum atomic E-state index is 12.4. The highest BCUT2D eigenvalue weighted by molar-refractivity contribution is 5.99. The maximum Gasteiger partial charge on any atom is 0.251 e. The van der Waals surface area contributed by atoms with Crippen molar-refractivity contribution >= 4 is 17.5 Å². The Morgan fingerprint density at radius 1 is 1.12 bits per heavy atom. The Kier molecular flexibility index (Phi) is 5.26. The molecule has 0 unspecified atom stereocenters. The van der Waals surface area contributed by atoms with Crippen LogP contribution in [0.5, 0.6) is 5.75 Å². The number of anilines is 1. The number of ether oxygens (including phenoxy) is 1.